The molecule has 3 nitrogen and oxygen atoms in total. The molecule has 1 aromatic heterocycles. The van der Waals surface area contributed by atoms with Crippen LogP contribution in [0.1, 0.15) is 39.5 Å². The van der Waals surface area contributed by atoms with Crippen LogP contribution in [0, 0.1) is 0 Å². The van der Waals surface area contributed by atoms with E-state index in [1.807, 2.05) is 12.1 Å². The number of anilines is 1. The Hall–Kier alpha value is -0.800. The van der Waals surface area contributed by atoms with Crippen molar-refractivity contribution >= 4 is 17.4 Å². The van der Waals surface area contributed by atoms with Gasteiger partial charge in [0.1, 0.15) is 11.0 Å². The molecule has 100 valence electrons. The van der Waals surface area contributed by atoms with Gasteiger partial charge in [-0.1, -0.05) is 31.5 Å². The number of halogens is 1. The molecule has 2 rings (SSSR count). The van der Waals surface area contributed by atoms with E-state index in [2.05, 4.69) is 24.1 Å². The molecule has 1 saturated heterocycles. The Morgan fingerprint density at radius 1 is 1.44 bits per heavy atom. The van der Waals surface area contributed by atoms with Gasteiger partial charge >= 0.3 is 0 Å². The first-order valence-electron chi connectivity index (χ1n) is 6.70. The predicted octanol–water partition coefficient (Wildman–Crippen LogP) is 3.88. The molecule has 0 spiro atoms. The maximum atomic E-state index is 5.97. The monoisotopic (exact) mass is 268 g/mol. The van der Waals surface area contributed by atoms with Crippen LogP contribution in [0.25, 0.3) is 0 Å². The fraction of sp³-hybridized carbons (Fsp3) is 0.643. The van der Waals surface area contributed by atoms with E-state index >= 15 is 0 Å². The molecule has 0 saturated carbocycles. The third-order valence-corrected chi connectivity index (χ3v) is 4.06. The van der Waals surface area contributed by atoms with Crippen LogP contribution in [0.15, 0.2) is 18.2 Å². The lowest BCUT2D eigenvalue weighted by molar-refractivity contribution is -0.0864. The van der Waals surface area contributed by atoms with E-state index in [1.165, 1.54) is 0 Å². The molecule has 0 aromatic carbocycles. The Labute approximate surface area is 114 Å². The molecule has 1 aromatic rings. The van der Waals surface area contributed by atoms with Gasteiger partial charge in [-0.25, -0.2) is 4.98 Å². The summed E-state index contributed by atoms with van der Waals surface area (Å²) in [5, 5.41) is 4.00. The number of ether oxygens (including phenoxy) is 1. The maximum Gasteiger partial charge on any atom is 0.131 e. The third kappa shape index (κ3) is 3.15. The largest absolute Gasteiger partial charge is 0.375 e. The number of hydrogen-bond donors (Lipinski definition) is 1. The Morgan fingerprint density at radius 3 is 2.89 bits per heavy atom. The number of hydrogen-bond acceptors (Lipinski definition) is 3. The molecule has 18 heavy (non-hydrogen) atoms. The van der Waals surface area contributed by atoms with Gasteiger partial charge < -0.3 is 10.1 Å². The third-order valence-electron chi connectivity index (χ3n) is 3.85. The zero-order valence-corrected chi connectivity index (χ0v) is 11.8. The van der Waals surface area contributed by atoms with Crippen LogP contribution in [-0.2, 0) is 4.74 Å². The van der Waals surface area contributed by atoms with Crippen LogP contribution >= 0.6 is 11.6 Å². The van der Waals surface area contributed by atoms with Crippen LogP contribution < -0.4 is 5.32 Å². The van der Waals surface area contributed by atoms with Crippen LogP contribution in [0.4, 0.5) is 5.82 Å². The minimum Gasteiger partial charge on any atom is -0.375 e. The Morgan fingerprint density at radius 2 is 2.22 bits per heavy atom. The second-order valence-electron chi connectivity index (χ2n) is 4.92. The highest BCUT2D eigenvalue weighted by molar-refractivity contribution is 6.29. The van der Waals surface area contributed by atoms with E-state index in [4.69, 9.17) is 16.3 Å². The number of nitrogens with zero attached hydrogens (tertiary/aromatic N) is 1. The SMILES string of the molecule is CCC1(CC)CC(Nc2cccc(Cl)n2)CCO1. The second-order valence-corrected chi connectivity index (χ2v) is 5.31. The fourth-order valence-electron chi connectivity index (χ4n) is 2.59. The molecule has 1 atom stereocenters. The van der Waals surface area contributed by atoms with E-state index in [-0.39, 0.29) is 5.60 Å². The summed E-state index contributed by atoms with van der Waals surface area (Å²) in [5.74, 6) is 0.857. The van der Waals surface area contributed by atoms with Crippen molar-refractivity contribution in [2.45, 2.75) is 51.2 Å². The van der Waals surface area contributed by atoms with Crippen LogP contribution in [0.5, 0.6) is 0 Å². The van der Waals surface area contributed by atoms with Crippen molar-refractivity contribution in [3.63, 3.8) is 0 Å². The number of nitrogens with one attached hydrogen (secondary N) is 1. The van der Waals surface area contributed by atoms with Crippen molar-refractivity contribution in [3.05, 3.63) is 23.4 Å². The van der Waals surface area contributed by atoms with E-state index in [1.54, 1.807) is 6.07 Å². The summed E-state index contributed by atoms with van der Waals surface area (Å²) in [6.07, 6.45) is 4.18. The van der Waals surface area contributed by atoms with Gasteiger partial charge in [0.25, 0.3) is 0 Å². The fourth-order valence-corrected chi connectivity index (χ4v) is 2.76. The van der Waals surface area contributed by atoms with Gasteiger partial charge in [-0.2, -0.15) is 0 Å². The quantitative estimate of drug-likeness (QED) is 0.842. The normalized spacial score (nSPS) is 22.7. The molecule has 1 N–H and O–H groups in total. The maximum absolute atomic E-state index is 5.97. The summed E-state index contributed by atoms with van der Waals surface area (Å²) in [5.41, 5.74) is 0.0362. The van der Waals surface area contributed by atoms with Crippen LogP contribution in [0.3, 0.4) is 0 Å². The van der Waals surface area contributed by atoms with E-state index in [0.717, 1.165) is 38.1 Å². The number of aromatic nitrogens is 1. The van der Waals surface area contributed by atoms with Gasteiger partial charge in [0, 0.05) is 12.6 Å². The minimum atomic E-state index is 0.0362. The summed E-state index contributed by atoms with van der Waals surface area (Å²) in [6.45, 7) is 5.22. The van der Waals surface area contributed by atoms with E-state index in [0.29, 0.717) is 11.2 Å². The first kappa shape index (κ1) is 13.6. The number of pyridine rings is 1. The highest BCUT2D eigenvalue weighted by Gasteiger charge is 2.34. The van der Waals surface area contributed by atoms with Crippen molar-refractivity contribution in [2.24, 2.45) is 0 Å². The first-order valence-corrected chi connectivity index (χ1v) is 7.08. The van der Waals surface area contributed by atoms with Crippen molar-refractivity contribution in [1.29, 1.82) is 0 Å². The number of rotatable bonds is 4. The topological polar surface area (TPSA) is 34.2 Å². The Bertz CT molecular complexity index is 393. The van der Waals surface area contributed by atoms with Gasteiger partial charge in [0.15, 0.2) is 0 Å². The molecule has 0 bridgehead atoms. The van der Waals surface area contributed by atoms with Gasteiger partial charge in [0.05, 0.1) is 5.60 Å². The molecule has 1 fully saturated rings. The average molecular weight is 269 g/mol. The summed E-state index contributed by atoms with van der Waals surface area (Å²) in [7, 11) is 0. The molecule has 2 heterocycles. The lowest BCUT2D eigenvalue weighted by Crippen LogP contribution is -2.43. The zero-order valence-electron chi connectivity index (χ0n) is 11.1. The molecule has 1 aliphatic rings. The zero-order chi connectivity index (χ0) is 13.0. The van der Waals surface area contributed by atoms with Crippen molar-refractivity contribution < 1.29 is 4.74 Å². The van der Waals surface area contributed by atoms with Crippen molar-refractivity contribution in [1.82, 2.24) is 4.98 Å². The van der Waals surface area contributed by atoms with Crippen LogP contribution in [0.2, 0.25) is 5.15 Å². The molecule has 0 radical (unpaired) electrons. The highest BCUT2D eigenvalue weighted by Crippen LogP contribution is 2.32. The summed E-state index contributed by atoms with van der Waals surface area (Å²) >= 11 is 5.90. The summed E-state index contributed by atoms with van der Waals surface area (Å²) in [4.78, 5) is 4.28. The van der Waals surface area contributed by atoms with Gasteiger partial charge in [-0.15, -0.1) is 0 Å². The van der Waals surface area contributed by atoms with Crippen molar-refractivity contribution in [3.8, 4) is 0 Å². The van der Waals surface area contributed by atoms with Gasteiger partial charge in [-0.05, 0) is 37.8 Å². The lowest BCUT2D eigenvalue weighted by Gasteiger charge is -2.40. The Balaban J connectivity index is 2.01. The standard InChI is InChI=1S/C14H21ClN2O/c1-3-14(4-2)10-11(8-9-18-14)16-13-7-5-6-12(15)17-13/h5-7,11H,3-4,8-10H2,1-2H3,(H,16,17). The first-order chi connectivity index (χ1) is 8.67. The highest BCUT2D eigenvalue weighted by atomic mass is 35.5. The second kappa shape index (κ2) is 5.89. The smallest absolute Gasteiger partial charge is 0.131 e. The molecular formula is C14H21ClN2O. The molecule has 1 aliphatic heterocycles. The van der Waals surface area contributed by atoms with Gasteiger partial charge in [-0.3, -0.25) is 0 Å². The van der Waals surface area contributed by atoms with Gasteiger partial charge in [0.2, 0.25) is 0 Å². The summed E-state index contributed by atoms with van der Waals surface area (Å²) < 4.78 is 5.97. The van der Waals surface area contributed by atoms with Crippen molar-refractivity contribution in [2.75, 3.05) is 11.9 Å². The molecule has 0 amide bonds. The Kier molecular flexibility index (Phi) is 4.46. The molecule has 0 aliphatic carbocycles. The molecule has 1 unspecified atom stereocenters. The molecule has 4 heteroatoms. The predicted molar refractivity (Wildman–Crippen MR) is 75.2 cm³/mol. The van der Waals surface area contributed by atoms with E-state index < -0.39 is 0 Å². The molecular weight excluding hydrogens is 248 g/mol. The summed E-state index contributed by atoms with van der Waals surface area (Å²) in [6, 6.07) is 6.09. The average Bonchev–Trinajstić information content (AvgIpc) is 2.39. The lowest BCUT2D eigenvalue weighted by atomic mass is 9.86. The van der Waals surface area contributed by atoms with E-state index in [9.17, 15) is 0 Å². The minimum absolute atomic E-state index is 0.0362. The van der Waals surface area contributed by atoms with Crippen LogP contribution in [-0.4, -0.2) is 23.2 Å².